The van der Waals surface area contributed by atoms with E-state index in [0.717, 1.165) is 0 Å². The molecule has 2 nitrogen and oxygen atoms in total. The van der Waals surface area contributed by atoms with E-state index in [1.165, 1.54) is 0 Å². The Morgan fingerprint density at radius 2 is 1.23 bits per heavy atom. The monoisotopic (exact) mass is 216 g/mol. The van der Waals surface area contributed by atoms with Gasteiger partial charge in [0.1, 0.15) is 0 Å². The highest BCUT2D eigenvalue weighted by atomic mass is 19.4. The molecule has 80 valence electrons. The molecule has 0 spiro atoms. The molecule has 0 aliphatic carbocycles. The van der Waals surface area contributed by atoms with Crippen LogP contribution in [0.25, 0.3) is 0 Å². The highest BCUT2D eigenvalue weighted by Gasteiger charge is 2.75. The third-order valence-corrected chi connectivity index (χ3v) is 0.910. The Hall–Kier alpha value is -0.570. The SMILES string of the molecule is COOC(F)(F)C(F)(F)C(F)(F)F. The molecule has 0 radical (unpaired) electrons. The van der Waals surface area contributed by atoms with Gasteiger partial charge in [0, 0.05) is 0 Å². The van der Waals surface area contributed by atoms with Crippen molar-refractivity contribution in [3.05, 3.63) is 0 Å². The highest BCUT2D eigenvalue weighted by Crippen LogP contribution is 2.46. The van der Waals surface area contributed by atoms with E-state index in [2.05, 4.69) is 9.78 Å². The Morgan fingerprint density at radius 3 is 1.46 bits per heavy atom. The first-order valence-electron chi connectivity index (χ1n) is 2.60. The molecule has 0 heterocycles. The van der Waals surface area contributed by atoms with Gasteiger partial charge in [-0.15, -0.1) is 0 Å². The van der Waals surface area contributed by atoms with Crippen molar-refractivity contribution in [2.45, 2.75) is 18.2 Å². The van der Waals surface area contributed by atoms with Gasteiger partial charge < -0.3 is 0 Å². The van der Waals surface area contributed by atoms with Gasteiger partial charge in [-0.25, -0.2) is 4.89 Å². The van der Waals surface area contributed by atoms with Crippen molar-refractivity contribution >= 4 is 0 Å². The largest absolute Gasteiger partial charge is 0.462 e. The van der Waals surface area contributed by atoms with Crippen LogP contribution in [-0.4, -0.2) is 25.3 Å². The topological polar surface area (TPSA) is 18.5 Å². The standard InChI is InChI=1S/C4H3F7O2/c1-12-13-4(10,11)2(5,6)3(7,8)9/h1H3. The van der Waals surface area contributed by atoms with Crippen LogP contribution >= 0.6 is 0 Å². The lowest BCUT2D eigenvalue weighted by atomic mass is 10.3. The maximum Gasteiger partial charge on any atom is 0.462 e. The minimum absolute atomic E-state index is 0.375. The molecule has 0 N–H and O–H groups in total. The average molecular weight is 216 g/mol. The van der Waals surface area contributed by atoms with Gasteiger partial charge in [-0.2, -0.15) is 35.6 Å². The molecule has 0 unspecified atom stereocenters. The van der Waals surface area contributed by atoms with Gasteiger partial charge >= 0.3 is 18.2 Å². The highest BCUT2D eigenvalue weighted by molar-refractivity contribution is 4.83. The van der Waals surface area contributed by atoms with Crippen molar-refractivity contribution < 1.29 is 40.5 Å². The zero-order chi connectivity index (χ0) is 10.9. The second kappa shape index (κ2) is 3.29. The Morgan fingerprint density at radius 1 is 0.846 bits per heavy atom. The van der Waals surface area contributed by atoms with Crippen LogP contribution < -0.4 is 0 Å². The summed E-state index contributed by atoms with van der Waals surface area (Å²) in [5.41, 5.74) is 0. The van der Waals surface area contributed by atoms with Crippen LogP contribution in [0.3, 0.4) is 0 Å². The molecule has 0 amide bonds. The summed E-state index contributed by atoms with van der Waals surface area (Å²) >= 11 is 0. The second-order valence-electron chi connectivity index (χ2n) is 1.84. The van der Waals surface area contributed by atoms with Crippen molar-refractivity contribution in [2.24, 2.45) is 0 Å². The predicted molar refractivity (Wildman–Crippen MR) is 24.0 cm³/mol. The molecule has 0 aliphatic rings. The van der Waals surface area contributed by atoms with E-state index < -0.39 is 18.2 Å². The Bertz CT molecular complexity index is 174. The Kier molecular flexibility index (Phi) is 3.15. The average Bonchev–Trinajstić information content (AvgIpc) is 1.84. The lowest BCUT2D eigenvalue weighted by Crippen LogP contribution is -2.53. The molecule has 13 heavy (non-hydrogen) atoms. The number of halogens is 7. The van der Waals surface area contributed by atoms with Gasteiger partial charge in [0.15, 0.2) is 0 Å². The molecule has 0 aromatic rings. The quantitative estimate of drug-likeness (QED) is 0.409. The van der Waals surface area contributed by atoms with E-state index in [1.54, 1.807) is 0 Å². The van der Waals surface area contributed by atoms with Crippen LogP contribution in [0, 0.1) is 0 Å². The molecule has 0 aromatic carbocycles. The van der Waals surface area contributed by atoms with Crippen LogP contribution in [0.2, 0.25) is 0 Å². The van der Waals surface area contributed by atoms with Gasteiger partial charge in [-0.05, 0) is 0 Å². The van der Waals surface area contributed by atoms with E-state index in [9.17, 15) is 30.7 Å². The van der Waals surface area contributed by atoms with E-state index in [1.807, 2.05) is 0 Å². The smallest absolute Gasteiger partial charge is 0.234 e. The summed E-state index contributed by atoms with van der Waals surface area (Å²) in [5.74, 6) is -6.30. The number of rotatable bonds is 3. The zero-order valence-electron chi connectivity index (χ0n) is 5.96. The molecule has 0 aromatic heterocycles. The summed E-state index contributed by atoms with van der Waals surface area (Å²) in [6, 6.07) is 0. The van der Waals surface area contributed by atoms with Gasteiger partial charge in [0.2, 0.25) is 0 Å². The minimum atomic E-state index is -6.41. The third kappa shape index (κ3) is 2.21. The van der Waals surface area contributed by atoms with Crippen molar-refractivity contribution in [2.75, 3.05) is 7.11 Å². The van der Waals surface area contributed by atoms with Crippen LogP contribution in [0.5, 0.6) is 0 Å². The molecule has 0 saturated heterocycles. The van der Waals surface area contributed by atoms with Crippen molar-refractivity contribution in [3.8, 4) is 0 Å². The van der Waals surface area contributed by atoms with Crippen molar-refractivity contribution in [1.29, 1.82) is 0 Å². The molecule has 9 heteroatoms. The minimum Gasteiger partial charge on any atom is -0.234 e. The fourth-order valence-corrected chi connectivity index (χ4v) is 0.322. The number of hydrogen-bond donors (Lipinski definition) is 0. The first-order chi connectivity index (χ1) is 5.56. The second-order valence-corrected chi connectivity index (χ2v) is 1.84. The van der Waals surface area contributed by atoms with Crippen LogP contribution in [0.1, 0.15) is 0 Å². The molecular formula is C4H3F7O2. The van der Waals surface area contributed by atoms with E-state index >= 15 is 0 Å². The van der Waals surface area contributed by atoms with Gasteiger partial charge in [-0.1, -0.05) is 0 Å². The van der Waals surface area contributed by atoms with Crippen molar-refractivity contribution in [1.82, 2.24) is 0 Å². The van der Waals surface area contributed by atoms with E-state index in [-0.39, 0.29) is 0 Å². The first kappa shape index (κ1) is 12.4. The molecule has 0 saturated carbocycles. The molecule has 0 bridgehead atoms. The summed E-state index contributed by atoms with van der Waals surface area (Å²) in [6.45, 7) is 0. The zero-order valence-corrected chi connectivity index (χ0v) is 5.96. The summed E-state index contributed by atoms with van der Waals surface area (Å²) in [6.07, 6.45) is -12.2. The maximum atomic E-state index is 11.9. The number of alkyl halides is 7. The summed E-state index contributed by atoms with van der Waals surface area (Å²) in [5, 5.41) is 0. The van der Waals surface area contributed by atoms with E-state index in [4.69, 9.17) is 0 Å². The van der Waals surface area contributed by atoms with Gasteiger partial charge in [-0.3, -0.25) is 0 Å². The summed E-state index contributed by atoms with van der Waals surface area (Å²) in [7, 11) is 0.375. The Balaban J connectivity index is 4.81. The van der Waals surface area contributed by atoms with Crippen molar-refractivity contribution in [3.63, 3.8) is 0 Å². The predicted octanol–water partition coefficient (Wildman–Crippen LogP) is 2.35. The van der Waals surface area contributed by atoms with Crippen LogP contribution in [-0.2, 0) is 9.78 Å². The fourth-order valence-electron chi connectivity index (χ4n) is 0.322. The van der Waals surface area contributed by atoms with Gasteiger partial charge in [0.05, 0.1) is 7.11 Å². The van der Waals surface area contributed by atoms with Gasteiger partial charge in [0.25, 0.3) is 0 Å². The Labute approximate surface area is 67.1 Å². The fraction of sp³-hybridized carbons (Fsp3) is 1.00. The molecule has 0 aliphatic heterocycles. The molecule has 0 fully saturated rings. The molecule has 0 atom stereocenters. The van der Waals surface area contributed by atoms with E-state index in [0.29, 0.717) is 7.11 Å². The third-order valence-electron chi connectivity index (χ3n) is 0.910. The first-order valence-corrected chi connectivity index (χ1v) is 2.60. The summed E-state index contributed by atoms with van der Waals surface area (Å²) < 4.78 is 81.3. The maximum absolute atomic E-state index is 11.9. The molecule has 0 rings (SSSR count). The lowest BCUT2D eigenvalue weighted by molar-refractivity contribution is -0.508. The molecular weight excluding hydrogens is 213 g/mol. The lowest BCUT2D eigenvalue weighted by Gasteiger charge is -2.25. The van der Waals surface area contributed by atoms with Crippen LogP contribution in [0.4, 0.5) is 30.7 Å². The summed E-state index contributed by atoms with van der Waals surface area (Å²) in [4.78, 5) is 5.58. The van der Waals surface area contributed by atoms with Crippen LogP contribution in [0.15, 0.2) is 0 Å². The number of hydrogen-bond acceptors (Lipinski definition) is 2. The normalized spacial score (nSPS) is 14.8.